The van der Waals surface area contributed by atoms with Crippen LogP contribution in [0.2, 0.25) is 0 Å². The molecular weight excluding hydrogens is 422 g/mol. The Hall–Kier alpha value is -2.82. The Kier molecular flexibility index (Phi) is 7.04. The van der Waals surface area contributed by atoms with Gasteiger partial charge in [-0.15, -0.1) is 0 Å². The number of carbonyl (C=O) groups is 1. The summed E-state index contributed by atoms with van der Waals surface area (Å²) >= 11 is 0. The molecule has 3 rings (SSSR count). The lowest BCUT2D eigenvalue weighted by Gasteiger charge is -2.34. The minimum atomic E-state index is -3.54. The number of nitro benzene ring substituents is 1. The van der Waals surface area contributed by atoms with Crippen molar-refractivity contribution in [1.82, 2.24) is 4.31 Å². The summed E-state index contributed by atoms with van der Waals surface area (Å²) in [6.45, 7) is 4.19. The minimum Gasteiger partial charge on any atom is -0.378 e. The van der Waals surface area contributed by atoms with Crippen LogP contribution >= 0.6 is 0 Å². The summed E-state index contributed by atoms with van der Waals surface area (Å²) in [4.78, 5) is 23.5. The Morgan fingerprint density at radius 3 is 2.39 bits per heavy atom. The van der Waals surface area contributed by atoms with Crippen molar-refractivity contribution < 1.29 is 22.9 Å². The third kappa shape index (κ3) is 5.66. The Bertz CT molecular complexity index is 1050. The van der Waals surface area contributed by atoms with E-state index < -0.39 is 14.9 Å². The summed E-state index contributed by atoms with van der Waals surface area (Å²) in [5.41, 5.74) is 0.492. The van der Waals surface area contributed by atoms with E-state index in [4.69, 9.17) is 4.74 Å². The summed E-state index contributed by atoms with van der Waals surface area (Å²) in [5, 5.41) is 14.4. The van der Waals surface area contributed by atoms with Crippen molar-refractivity contribution in [2.45, 2.75) is 26.1 Å². The predicted octanol–water partition coefficient (Wildman–Crippen LogP) is 2.68. The van der Waals surface area contributed by atoms with Gasteiger partial charge in [0, 0.05) is 36.8 Å². The highest BCUT2D eigenvalue weighted by Crippen LogP contribution is 2.27. The van der Waals surface area contributed by atoms with Gasteiger partial charge >= 0.3 is 0 Å². The topological polar surface area (TPSA) is 119 Å². The molecule has 1 heterocycles. The van der Waals surface area contributed by atoms with E-state index in [-0.39, 0.29) is 60.3 Å². The van der Waals surface area contributed by atoms with Crippen molar-refractivity contribution in [2.75, 3.05) is 30.7 Å². The molecule has 1 saturated heterocycles. The number of carbonyl (C=O) groups excluding carboxylic acids is 1. The molecule has 2 aromatic carbocycles. The van der Waals surface area contributed by atoms with Gasteiger partial charge in [0.05, 0.1) is 22.9 Å². The third-order valence-corrected chi connectivity index (χ3v) is 6.75. The molecule has 0 spiro atoms. The van der Waals surface area contributed by atoms with Crippen LogP contribution in [0.1, 0.15) is 29.8 Å². The Morgan fingerprint density at radius 2 is 1.77 bits per heavy atom. The van der Waals surface area contributed by atoms with Gasteiger partial charge in [-0.3, -0.25) is 14.9 Å². The molecule has 1 N–H and O–H groups in total. The number of nitrogens with one attached hydrogen (secondary N) is 1. The van der Waals surface area contributed by atoms with Gasteiger partial charge in [-0.05, 0) is 26.0 Å². The molecule has 1 fully saturated rings. The average molecular weight is 448 g/mol. The predicted molar refractivity (Wildman–Crippen MR) is 117 cm³/mol. The highest BCUT2D eigenvalue weighted by Gasteiger charge is 2.30. The monoisotopic (exact) mass is 447 g/mol. The van der Waals surface area contributed by atoms with Crippen molar-refractivity contribution in [3.63, 3.8) is 0 Å². The Labute approximate surface area is 181 Å². The molecule has 31 heavy (non-hydrogen) atoms. The minimum absolute atomic E-state index is 0.00469. The average Bonchev–Trinajstić information content (AvgIpc) is 2.73. The maximum Gasteiger partial charge on any atom is 0.293 e. The maximum absolute atomic E-state index is 12.6. The van der Waals surface area contributed by atoms with Gasteiger partial charge in [0.1, 0.15) is 5.69 Å². The van der Waals surface area contributed by atoms with Gasteiger partial charge in [-0.2, -0.15) is 4.31 Å². The zero-order valence-electron chi connectivity index (χ0n) is 17.4. The normalized spacial score (nSPS) is 19.7. The number of ether oxygens (including phenoxy) is 1. The number of rotatable bonds is 8. The van der Waals surface area contributed by atoms with Crippen LogP contribution in [0.4, 0.5) is 11.4 Å². The van der Waals surface area contributed by atoms with Crippen molar-refractivity contribution in [3.8, 4) is 0 Å². The number of anilines is 1. The molecule has 0 unspecified atom stereocenters. The van der Waals surface area contributed by atoms with Gasteiger partial charge in [-0.25, -0.2) is 8.42 Å². The Balaban J connectivity index is 1.70. The van der Waals surface area contributed by atoms with Crippen LogP contribution in [0.25, 0.3) is 0 Å². The first-order valence-electron chi connectivity index (χ1n) is 9.92. The van der Waals surface area contributed by atoms with E-state index in [9.17, 15) is 23.3 Å². The van der Waals surface area contributed by atoms with Gasteiger partial charge in [-0.1, -0.05) is 30.3 Å². The third-order valence-electron chi connectivity index (χ3n) is 4.95. The number of hydrogen-bond acceptors (Lipinski definition) is 7. The fourth-order valence-electron chi connectivity index (χ4n) is 3.53. The van der Waals surface area contributed by atoms with Crippen LogP contribution in [-0.2, 0) is 14.8 Å². The second kappa shape index (κ2) is 9.54. The van der Waals surface area contributed by atoms with Crippen molar-refractivity contribution in [2.24, 2.45) is 0 Å². The number of sulfonamides is 1. The zero-order chi connectivity index (χ0) is 22.6. The highest BCUT2D eigenvalue weighted by atomic mass is 32.2. The number of morpholine rings is 1. The smallest absolute Gasteiger partial charge is 0.293 e. The maximum atomic E-state index is 12.6. The Morgan fingerprint density at radius 1 is 1.13 bits per heavy atom. The molecule has 9 nitrogen and oxygen atoms in total. The van der Waals surface area contributed by atoms with Gasteiger partial charge in [0.2, 0.25) is 10.0 Å². The first-order valence-corrected chi connectivity index (χ1v) is 11.5. The van der Waals surface area contributed by atoms with Crippen LogP contribution in [0.3, 0.4) is 0 Å². The molecular formula is C21H25N3O6S. The van der Waals surface area contributed by atoms with Gasteiger partial charge in [0.25, 0.3) is 5.69 Å². The van der Waals surface area contributed by atoms with Crippen molar-refractivity contribution in [3.05, 3.63) is 69.8 Å². The van der Waals surface area contributed by atoms with E-state index in [0.29, 0.717) is 5.56 Å². The second-order valence-corrected chi connectivity index (χ2v) is 9.59. The van der Waals surface area contributed by atoms with Crippen molar-refractivity contribution in [1.29, 1.82) is 0 Å². The number of nitro groups is 1. The molecule has 1 aliphatic rings. The highest BCUT2D eigenvalue weighted by molar-refractivity contribution is 7.89. The van der Waals surface area contributed by atoms with E-state index in [1.54, 1.807) is 30.3 Å². The summed E-state index contributed by atoms with van der Waals surface area (Å²) in [5.74, 6) is -0.540. The van der Waals surface area contributed by atoms with Crippen LogP contribution in [0.15, 0.2) is 48.5 Å². The summed E-state index contributed by atoms with van der Waals surface area (Å²) < 4.78 is 32.2. The van der Waals surface area contributed by atoms with E-state index >= 15 is 0 Å². The molecule has 2 aromatic rings. The zero-order valence-corrected chi connectivity index (χ0v) is 18.2. The number of nitrogens with zero attached hydrogens (tertiary/aromatic N) is 2. The molecule has 0 radical (unpaired) electrons. The van der Waals surface area contributed by atoms with E-state index in [0.717, 1.165) is 0 Å². The largest absolute Gasteiger partial charge is 0.378 e. The SMILES string of the molecule is C[C@@H]1CN(S(=O)(=O)CCNc2ccc(C(=O)c3ccccc3)cc2[N+](=O)[O-])C[C@@H](C)O1. The van der Waals surface area contributed by atoms with E-state index in [1.165, 1.54) is 22.5 Å². The molecule has 2 atom stereocenters. The number of hydrogen-bond donors (Lipinski definition) is 1. The first kappa shape index (κ1) is 22.9. The molecule has 1 aliphatic heterocycles. The van der Waals surface area contributed by atoms with Crippen LogP contribution in [0.5, 0.6) is 0 Å². The second-order valence-electron chi connectivity index (χ2n) is 7.50. The molecule has 0 saturated carbocycles. The molecule has 0 amide bonds. The van der Waals surface area contributed by atoms with Crippen LogP contribution in [0, 0.1) is 10.1 Å². The molecule has 0 aliphatic carbocycles. The standard InChI is InChI=1S/C21H25N3O6S/c1-15-13-23(14-16(2)30-15)31(28,29)11-10-22-19-9-8-18(12-20(19)24(26)27)21(25)17-6-4-3-5-7-17/h3-9,12,15-16,22H,10-11,13-14H2,1-2H3/t15-,16-/m1/s1. The van der Waals surface area contributed by atoms with E-state index in [2.05, 4.69) is 5.32 Å². The lowest BCUT2D eigenvalue weighted by atomic mass is 10.0. The molecule has 166 valence electrons. The van der Waals surface area contributed by atoms with Gasteiger partial charge < -0.3 is 10.1 Å². The summed E-state index contributed by atoms with van der Waals surface area (Å²) in [6, 6.07) is 12.6. The van der Waals surface area contributed by atoms with E-state index in [1.807, 2.05) is 13.8 Å². The fraction of sp³-hybridized carbons (Fsp3) is 0.381. The first-order chi connectivity index (χ1) is 14.7. The molecule has 0 bridgehead atoms. The summed E-state index contributed by atoms with van der Waals surface area (Å²) in [7, 11) is -3.54. The van der Waals surface area contributed by atoms with Crippen LogP contribution < -0.4 is 5.32 Å². The van der Waals surface area contributed by atoms with Crippen LogP contribution in [-0.4, -0.2) is 61.0 Å². The quantitative estimate of drug-likeness (QED) is 0.375. The lowest BCUT2D eigenvalue weighted by Crippen LogP contribution is -2.49. The molecule has 0 aromatic heterocycles. The van der Waals surface area contributed by atoms with Gasteiger partial charge in [0.15, 0.2) is 5.78 Å². The number of ketones is 1. The fourth-order valence-corrected chi connectivity index (χ4v) is 5.02. The lowest BCUT2D eigenvalue weighted by molar-refractivity contribution is -0.384. The molecule has 10 heteroatoms. The summed E-state index contributed by atoms with van der Waals surface area (Å²) in [6.07, 6.45) is -0.385. The number of benzene rings is 2. The van der Waals surface area contributed by atoms with Crippen molar-refractivity contribution >= 4 is 27.2 Å².